The van der Waals surface area contributed by atoms with Gasteiger partial charge in [0.25, 0.3) is 0 Å². The van der Waals surface area contributed by atoms with Crippen molar-refractivity contribution in [3.63, 3.8) is 0 Å². The van der Waals surface area contributed by atoms with E-state index in [1.807, 2.05) is 0 Å². The molecule has 0 aliphatic rings. The quantitative estimate of drug-likeness (QED) is 0.367. The topological polar surface area (TPSA) is 80.9 Å². The molecular weight excluding hydrogens is 375 g/mol. The standard InChI is InChI=1S/C7H16.C3H8O.3C2H6O.CHCl3/c1-3-5-7-6-4-2;1-3(2)4;3*1-2-3;2-1(3)4/h3-7H2,1-2H3;3-4H,1-2H3;3*3H,2H2,1H3;1H. The van der Waals surface area contributed by atoms with Crippen LogP contribution in [0.4, 0.5) is 0 Å². The smallest absolute Gasteiger partial charge is 0.180 e. The molecule has 0 amide bonds. The summed E-state index contributed by atoms with van der Waals surface area (Å²) in [6.45, 7) is 13.7. The minimum absolute atomic E-state index is 0.167. The molecule has 7 heteroatoms. The molecule has 0 aliphatic carbocycles. The fraction of sp³-hybridized carbons (Fsp3) is 1.00. The summed E-state index contributed by atoms with van der Waals surface area (Å²) in [5, 5.41) is 30.8. The number of hydrogen-bond acceptors (Lipinski definition) is 4. The zero-order valence-electron chi connectivity index (χ0n) is 16.7. The van der Waals surface area contributed by atoms with Crippen LogP contribution in [0.25, 0.3) is 0 Å². The second-order valence-corrected chi connectivity index (χ2v) is 6.33. The van der Waals surface area contributed by atoms with Crippen LogP contribution >= 0.6 is 34.8 Å². The Kier molecular flexibility index (Phi) is 93.4. The summed E-state index contributed by atoms with van der Waals surface area (Å²) in [5.41, 5.74) is 0. The van der Waals surface area contributed by atoms with E-state index in [9.17, 15) is 0 Å². The summed E-state index contributed by atoms with van der Waals surface area (Å²) in [6.07, 6.45) is 6.84. The van der Waals surface area contributed by atoms with Crippen LogP contribution in [0.1, 0.15) is 80.6 Å². The van der Waals surface area contributed by atoms with Crippen molar-refractivity contribution in [3.05, 3.63) is 0 Å². The molecule has 4 nitrogen and oxygen atoms in total. The van der Waals surface area contributed by atoms with Gasteiger partial charge in [0.1, 0.15) is 0 Å². The lowest BCUT2D eigenvalue weighted by Gasteiger charge is -1.90. The van der Waals surface area contributed by atoms with Crippen molar-refractivity contribution >= 4 is 34.8 Å². The second-order valence-electron chi connectivity index (χ2n) is 4.35. The maximum absolute atomic E-state index is 8.06. The highest BCUT2D eigenvalue weighted by Gasteiger charge is 1.80. The number of aliphatic hydroxyl groups is 4. The van der Waals surface area contributed by atoms with Gasteiger partial charge < -0.3 is 20.4 Å². The zero-order chi connectivity index (χ0) is 20.8. The average molecular weight is 418 g/mol. The fourth-order valence-corrected chi connectivity index (χ4v) is 0.677. The third-order valence-corrected chi connectivity index (χ3v) is 1.21. The van der Waals surface area contributed by atoms with Crippen LogP contribution in [0.15, 0.2) is 0 Å². The van der Waals surface area contributed by atoms with Gasteiger partial charge in [-0.3, -0.25) is 0 Å². The third-order valence-electron chi connectivity index (χ3n) is 1.21. The summed E-state index contributed by atoms with van der Waals surface area (Å²) >= 11 is 14.4. The van der Waals surface area contributed by atoms with E-state index in [0.29, 0.717) is 0 Å². The Hall–Kier alpha value is 0.710. The highest BCUT2D eigenvalue weighted by Crippen LogP contribution is 2.03. The van der Waals surface area contributed by atoms with Crippen molar-refractivity contribution in [2.24, 2.45) is 0 Å². The molecule has 0 heterocycles. The Morgan fingerprint density at radius 2 is 0.750 bits per heavy atom. The molecule has 0 atom stereocenters. The van der Waals surface area contributed by atoms with E-state index in [-0.39, 0.29) is 25.9 Å². The monoisotopic (exact) mass is 416 g/mol. The van der Waals surface area contributed by atoms with E-state index in [0.717, 1.165) is 0 Å². The maximum atomic E-state index is 8.06. The van der Waals surface area contributed by atoms with E-state index in [1.54, 1.807) is 34.6 Å². The van der Waals surface area contributed by atoms with Gasteiger partial charge >= 0.3 is 0 Å². The predicted molar refractivity (Wildman–Crippen MR) is 111 cm³/mol. The Balaban J connectivity index is -0.0000000422. The molecule has 0 aromatic heterocycles. The summed E-state index contributed by atoms with van der Waals surface area (Å²) in [7, 11) is 0. The molecular formula is C17H43Cl3O4. The van der Waals surface area contributed by atoms with E-state index in [2.05, 4.69) is 13.8 Å². The van der Waals surface area contributed by atoms with Gasteiger partial charge in [-0.2, -0.15) is 0 Å². The summed E-state index contributed by atoms with van der Waals surface area (Å²) in [5.74, 6) is 0. The molecule has 0 saturated carbocycles. The van der Waals surface area contributed by atoms with Gasteiger partial charge in [-0.25, -0.2) is 0 Å². The highest BCUT2D eigenvalue weighted by molar-refractivity contribution is 6.63. The number of hydrogen-bond donors (Lipinski definition) is 4. The average Bonchev–Trinajstić information content (AvgIpc) is 2.41. The van der Waals surface area contributed by atoms with Crippen molar-refractivity contribution < 1.29 is 20.4 Å². The Morgan fingerprint density at radius 3 is 0.833 bits per heavy atom. The lowest BCUT2D eigenvalue weighted by atomic mass is 10.2. The molecule has 0 radical (unpaired) electrons. The number of rotatable bonds is 4. The van der Waals surface area contributed by atoms with Crippen LogP contribution < -0.4 is 0 Å². The maximum Gasteiger partial charge on any atom is 0.180 e. The molecule has 24 heavy (non-hydrogen) atoms. The van der Waals surface area contributed by atoms with Crippen molar-refractivity contribution in [2.45, 2.75) is 91.0 Å². The molecule has 0 aromatic rings. The normalized spacial score (nSPS) is 8.00. The van der Waals surface area contributed by atoms with Gasteiger partial charge in [0.15, 0.2) is 4.30 Å². The van der Waals surface area contributed by atoms with Gasteiger partial charge in [0.05, 0.1) is 0 Å². The SMILES string of the molecule is CC(C)O.CCCCCCC.CCO.CCO.CCO.ClC(Cl)Cl. The largest absolute Gasteiger partial charge is 0.397 e. The minimum Gasteiger partial charge on any atom is -0.397 e. The first-order chi connectivity index (χ1) is 11.1. The zero-order valence-corrected chi connectivity index (χ0v) is 19.0. The minimum atomic E-state index is -0.750. The van der Waals surface area contributed by atoms with E-state index in [1.165, 1.54) is 32.1 Å². The number of aliphatic hydroxyl groups excluding tert-OH is 4. The molecule has 0 aliphatic heterocycles. The van der Waals surface area contributed by atoms with Gasteiger partial charge in [0.2, 0.25) is 0 Å². The van der Waals surface area contributed by atoms with Gasteiger partial charge in [0, 0.05) is 25.9 Å². The Morgan fingerprint density at radius 1 is 0.625 bits per heavy atom. The van der Waals surface area contributed by atoms with Crippen molar-refractivity contribution in [1.82, 2.24) is 0 Å². The highest BCUT2D eigenvalue weighted by atomic mass is 35.6. The number of unbranched alkanes of at least 4 members (excludes halogenated alkanes) is 4. The molecule has 156 valence electrons. The van der Waals surface area contributed by atoms with Crippen LogP contribution in [0, 0.1) is 0 Å². The lowest BCUT2D eigenvalue weighted by molar-refractivity contribution is 0.216. The predicted octanol–water partition coefficient (Wildman–Crippen LogP) is 5.35. The van der Waals surface area contributed by atoms with Crippen molar-refractivity contribution in [1.29, 1.82) is 0 Å². The van der Waals surface area contributed by atoms with Crippen LogP contribution in [-0.4, -0.2) is 50.6 Å². The van der Waals surface area contributed by atoms with Crippen LogP contribution in [0.2, 0.25) is 0 Å². The first-order valence-corrected chi connectivity index (χ1v) is 9.86. The summed E-state index contributed by atoms with van der Waals surface area (Å²) in [4.78, 5) is 0. The number of halogens is 3. The van der Waals surface area contributed by atoms with Gasteiger partial charge in [-0.1, -0.05) is 80.8 Å². The van der Waals surface area contributed by atoms with E-state index in [4.69, 9.17) is 55.2 Å². The van der Waals surface area contributed by atoms with E-state index >= 15 is 0 Å². The van der Waals surface area contributed by atoms with Crippen molar-refractivity contribution in [3.8, 4) is 0 Å². The first kappa shape index (κ1) is 39.7. The molecule has 4 N–H and O–H groups in total. The van der Waals surface area contributed by atoms with Crippen molar-refractivity contribution in [2.75, 3.05) is 19.8 Å². The Bertz CT molecular complexity index is 110. The molecule has 0 saturated heterocycles. The molecule has 0 rings (SSSR count). The third kappa shape index (κ3) is 482. The Labute approximate surface area is 166 Å². The molecule has 0 fully saturated rings. The number of alkyl halides is 3. The van der Waals surface area contributed by atoms with Gasteiger partial charge in [-0.15, -0.1) is 0 Å². The first-order valence-electron chi connectivity index (χ1n) is 8.55. The summed E-state index contributed by atoms with van der Waals surface area (Å²) in [6, 6.07) is 0. The van der Waals surface area contributed by atoms with Crippen LogP contribution in [-0.2, 0) is 0 Å². The molecule has 0 spiro atoms. The second kappa shape index (κ2) is 56.5. The van der Waals surface area contributed by atoms with Crippen LogP contribution in [0.5, 0.6) is 0 Å². The summed E-state index contributed by atoms with van der Waals surface area (Å²) < 4.78 is -0.750. The van der Waals surface area contributed by atoms with E-state index < -0.39 is 4.30 Å². The lowest BCUT2D eigenvalue weighted by Crippen LogP contribution is -1.85. The molecule has 0 unspecified atom stereocenters. The van der Waals surface area contributed by atoms with Crippen LogP contribution in [0.3, 0.4) is 0 Å². The molecule has 0 aromatic carbocycles. The van der Waals surface area contributed by atoms with Gasteiger partial charge in [-0.05, 0) is 34.6 Å². The fourth-order valence-electron chi connectivity index (χ4n) is 0.677. The molecule has 0 bridgehead atoms.